The van der Waals surface area contributed by atoms with Crippen molar-refractivity contribution in [2.24, 2.45) is 5.73 Å². The number of rotatable bonds is 5. The third kappa shape index (κ3) is 4.10. The molecule has 0 aliphatic carbocycles. The summed E-state index contributed by atoms with van der Waals surface area (Å²) >= 11 is 4.78. The summed E-state index contributed by atoms with van der Waals surface area (Å²) in [5.74, 6) is -0.472. The summed E-state index contributed by atoms with van der Waals surface area (Å²) < 4.78 is 0. The highest BCUT2D eigenvalue weighted by atomic mass is 32.1. The zero-order chi connectivity index (χ0) is 13.5. The summed E-state index contributed by atoms with van der Waals surface area (Å²) in [7, 11) is 1.54. The predicted octanol–water partition coefficient (Wildman–Crippen LogP) is -0.418. The lowest BCUT2D eigenvalue weighted by atomic mass is 10.2. The molecular formula is C11H14N4O2S. The molecule has 2 amide bonds. The fourth-order valence-electron chi connectivity index (χ4n) is 1.18. The Labute approximate surface area is 110 Å². The predicted molar refractivity (Wildman–Crippen MR) is 71.1 cm³/mol. The molecule has 18 heavy (non-hydrogen) atoms. The van der Waals surface area contributed by atoms with Crippen LogP contribution < -0.4 is 16.4 Å². The van der Waals surface area contributed by atoms with E-state index in [1.807, 2.05) is 0 Å². The van der Waals surface area contributed by atoms with Crippen LogP contribution in [0, 0.1) is 0 Å². The topological polar surface area (TPSA) is 97.1 Å². The highest BCUT2D eigenvalue weighted by Gasteiger charge is 2.07. The lowest BCUT2D eigenvalue weighted by Gasteiger charge is -2.04. The molecule has 1 aromatic rings. The Morgan fingerprint density at radius 2 is 2.17 bits per heavy atom. The molecular weight excluding hydrogens is 252 g/mol. The molecule has 0 radical (unpaired) electrons. The molecule has 4 N–H and O–H groups in total. The number of thiocarbonyl (C=S) groups is 1. The molecule has 0 bridgehead atoms. The first-order valence-corrected chi connectivity index (χ1v) is 5.70. The van der Waals surface area contributed by atoms with Crippen molar-refractivity contribution in [3.63, 3.8) is 0 Å². The van der Waals surface area contributed by atoms with Gasteiger partial charge in [-0.25, -0.2) is 0 Å². The Morgan fingerprint density at radius 1 is 1.44 bits per heavy atom. The normalized spacial score (nSPS) is 9.61. The number of carbonyl (C=O) groups is 2. The maximum atomic E-state index is 11.6. The summed E-state index contributed by atoms with van der Waals surface area (Å²) in [6.07, 6.45) is 1.67. The van der Waals surface area contributed by atoms with E-state index in [1.54, 1.807) is 13.1 Å². The Balaban J connectivity index is 2.51. The van der Waals surface area contributed by atoms with Crippen LogP contribution in [0.1, 0.15) is 22.5 Å². The minimum Gasteiger partial charge on any atom is -0.389 e. The molecule has 0 aromatic carbocycles. The van der Waals surface area contributed by atoms with Crippen molar-refractivity contribution in [2.75, 3.05) is 13.6 Å². The number of carbonyl (C=O) groups excluding carboxylic acids is 2. The smallest absolute Gasteiger partial charge is 0.269 e. The first kappa shape index (κ1) is 14.0. The highest BCUT2D eigenvalue weighted by molar-refractivity contribution is 7.80. The van der Waals surface area contributed by atoms with Crippen LogP contribution in [0.5, 0.6) is 0 Å². The first-order valence-electron chi connectivity index (χ1n) is 5.29. The van der Waals surface area contributed by atoms with Crippen molar-refractivity contribution in [1.29, 1.82) is 0 Å². The van der Waals surface area contributed by atoms with Gasteiger partial charge in [0.2, 0.25) is 5.91 Å². The van der Waals surface area contributed by atoms with E-state index in [2.05, 4.69) is 15.6 Å². The van der Waals surface area contributed by atoms with Gasteiger partial charge in [-0.05, 0) is 12.1 Å². The van der Waals surface area contributed by atoms with E-state index in [-0.39, 0.29) is 35.5 Å². The van der Waals surface area contributed by atoms with Crippen molar-refractivity contribution >= 4 is 29.0 Å². The Bertz CT molecular complexity index is 459. The van der Waals surface area contributed by atoms with Crippen molar-refractivity contribution in [3.8, 4) is 0 Å². The molecule has 0 aliphatic rings. The van der Waals surface area contributed by atoms with E-state index >= 15 is 0 Å². The lowest BCUT2D eigenvalue weighted by molar-refractivity contribution is -0.120. The van der Waals surface area contributed by atoms with E-state index < -0.39 is 0 Å². The van der Waals surface area contributed by atoms with Crippen LogP contribution in [0.2, 0.25) is 0 Å². The summed E-state index contributed by atoms with van der Waals surface area (Å²) in [4.78, 5) is 26.7. The van der Waals surface area contributed by atoms with Crippen LogP contribution in [0.3, 0.4) is 0 Å². The SMILES string of the molecule is CNC(=O)CCNC(=O)c1ccc(C(N)=S)cn1. The third-order valence-electron chi connectivity index (χ3n) is 2.20. The zero-order valence-electron chi connectivity index (χ0n) is 9.90. The minimum absolute atomic E-state index is 0.132. The highest BCUT2D eigenvalue weighted by Crippen LogP contribution is 2.00. The molecule has 6 nitrogen and oxygen atoms in total. The number of nitrogens with zero attached hydrogens (tertiary/aromatic N) is 1. The van der Waals surface area contributed by atoms with Crippen LogP contribution in [0.15, 0.2) is 18.3 Å². The molecule has 0 aliphatic heterocycles. The van der Waals surface area contributed by atoms with Crippen molar-refractivity contribution in [1.82, 2.24) is 15.6 Å². The van der Waals surface area contributed by atoms with Crippen molar-refractivity contribution in [3.05, 3.63) is 29.6 Å². The van der Waals surface area contributed by atoms with Gasteiger partial charge >= 0.3 is 0 Å². The van der Waals surface area contributed by atoms with Crippen LogP contribution >= 0.6 is 12.2 Å². The molecule has 0 saturated carbocycles. The Hall–Kier alpha value is -2.02. The first-order chi connectivity index (χ1) is 8.54. The molecule has 1 aromatic heterocycles. The van der Waals surface area contributed by atoms with E-state index in [1.165, 1.54) is 12.3 Å². The van der Waals surface area contributed by atoms with Gasteiger partial charge in [0.15, 0.2) is 0 Å². The summed E-state index contributed by atoms with van der Waals surface area (Å²) in [6.45, 7) is 0.261. The average molecular weight is 266 g/mol. The second kappa shape index (κ2) is 6.65. The van der Waals surface area contributed by atoms with Gasteiger partial charge in [0, 0.05) is 31.8 Å². The number of nitrogens with one attached hydrogen (secondary N) is 2. The largest absolute Gasteiger partial charge is 0.389 e. The Morgan fingerprint density at radius 3 is 2.67 bits per heavy atom. The van der Waals surface area contributed by atoms with Gasteiger partial charge < -0.3 is 16.4 Å². The van der Waals surface area contributed by atoms with Crippen molar-refractivity contribution in [2.45, 2.75) is 6.42 Å². The number of pyridine rings is 1. The van der Waals surface area contributed by atoms with E-state index in [4.69, 9.17) is 18.0 Å². The molecule has 7 heteroatoms. The van der Waals surface area contributed by atoms with E-state index in [0.717, 1.165) is 0 Å². The standard InChI is InChI=1S/C11H14N4O2S/c1-13-9(16)4-5-14-11(17)8-3-2-7(6-15-8)10(12)18/h2-3,6H,4-5H2,1H3,(H2,12,18)(H,13,16)(H,14,17). The fraction of sp³-hybridized carbons (Fsp3) is 0.273. The van der Waals surface area contributed by atoms with Gasteiger partial charge in [-0.1, -0.05) is 12.2 Å². The lowest BCUT2D eigenvalue weighted by Crippen LogP contribution is -2.29. The average Bonchev–Trinajstić information content (AvgIpc) is 2.38. The fourth-order valence-corrected chi connectivity index (χ4v) is 1.30. The second-order valence-electron chi connectivity index (χ2n) is 3.48. The van der Waals surface area contributed by atoms with Crippen LogP contribution in [0.25, 0.3) is 0 Å². The van der Waals surface area contributed by atoms with Gasteiger partial charge in [0.1, 0.15) is 10.7 Å². The number of hydrogen-bond donors (Lipinski definition) is 3. The van der Waals surface area contributed by atoms with Crippen LogP contribution in [-0.2, 0) is 4.79 Å². The molecule has 0 saturated heterocycles. The molecule has 0 atom stereocenters. The van der Waals surface area contributed by atoms with Crippen LogP contribution in [0.4, 0.5) is 0 Å². The molecule has 1 rings (SSSR count). The number of aromatic nitrogens is 1. The summed E-state index contributed by atoms with van der Waals surface area (Å²) in [5, 5.41) is 5.05. The van der Waals surface area contributed by atoms with Crippen LogP contribution in [-0.4, -0.2) is 35.4 Å². The monoisotopic (exact) mass is 266 g/mol. The quantitative estimate of drug-likeness (QED) is 0.629. The maximum absolute atomic E-state index is 11.6. The summed E-state index contributed by atoms with van der Waals surface area (Å²) in [5.41, 5.74) is 6.28. The third-order valence-corrected chi connectivity index (χ3v) is 2.43. The molecule has 1 heterocycles. The van der Waals surface area contributed by atoms with Gasteiger partial charge in [0.25, 0.3) is 5.91 Å². The van der Waals surface area contributed by atoms with E-state index in [0.29, 0.717) is 5.56 Å². The second-order valence-corrected chi connectivity index (χ2v) is 3.92. The summed E-state index contributed by atoms with van der Waals surface area (Å²) in [6, 6.07) is 3.16. The van der Waals surface area contributed by atoms with Gasteiger partial charge in [-0.3, -0.25) is 14.6 Å². The number of nitrogens with two attached hydrogens (primary N) is 1. The molecule has 96 valence electrons. The number of amides is 2. The van der Waals surface area contributed by atoms with Gasteiger partial charge in [-0.2, -0.15) is 0 Å². The van der Waals surface area contributed by atoms with Crippen molar-refractivity contribution < 1.29 is 9.59 Å². The molecule has 0 unspecified atom stereocenters. The molecule has 0 fully saturated rings. The van der Waals surface area contributed by atoms with E-state index in [9.17, 15) is 9.59 Å². The Kier molecular flexibility index (Phi) is 5.19. The zero-order valence-corrected chi connectivity index (χ0v) is 10.7. The number of hydrogen-bond acceptors (Lipinski definition) is 4. The van der Waals surface area contributed by atoms with Gasteiger partial charge in [-0.15, -0.1) is 0 Å². The van der Waals surface area contributed by atoms with Gasteiger partial charge in [0.05, 0.1) is 0 Å². The minimum atomic E-state index is -0.339. The maximum Gasteiger partial charge on any atom is 0.269 e. The molecule has 0 spiro atoms.